The van der Waals surface area contributed by atoms with Crippen LogP contribution in [-0.4, -0.2) is 45.9 Å². The van der Waals surface area contributed by atoms with Crippen molar-refractivity contribution in [3.8, 4) is 5.75 Å². The number of nitrogens with zero attached hydrogens (tertiary/aromatic N) is 2. The van der Waals surface area contributed by atoms with Crippen molar-refractivity contribution in [3.05, 3.63) is 47.3 Å². The van der Waals surface area contributed by atoms with Crippen LogP contribution >= 0.6 is 0 Å². The fourth-order valence-electron chi connectivity index (χ4n) is 2.37. The van der Waals surface area contributed by atoms with Gasteiger partial charge >= 0.3 is 0 Å². The van der Waals surface area contributed by atoms with E-state index in [0.29, 0.717) is 12.3 Å². The number of carbonyl (C=O) groups excluding carboxylic acids is 1. The number of hydrogen-bond acceptors (Lipinski definition) is 4. The fourth-order valence-corrected chi connectivity index (χ4v) is 2.37. The molecule has 0 fully saturated rings. The predicted octanol–water partition coefficient (Wildman–Crippen LogP) is 2.41. The summed E-state index contributed by atoms with van der Waals surface area (Å²) in [6.45, 7) is 8.42. The molecular weight excluding hydrogens is 318 g/mol. The second-order valence-corrected chi connectivity index (χ2v) is 7.32. The second-order valence-electron chi connectivity index (χ2n) is 7.32. The third-order valence-electron chi connectivity index (χ3n) is 3.96. The zero-order chi connectivity index (χ0) is 18.6. The van der Waals surface area contributed by atoms with E-state index in [1.54, 1.807) is 7.05 Å². The molecule has 2 N–H and O–H groups in total. The molecule has 1 atom stereocenters. The summed E-state index contributed by atoms with van der Waals surface area (Å²) >= 11 is 0. The molecule has 1 heterocycles. The summed E-state index contributed by atoms with van der Waals surface area (Å²) in [7, 11) is 1.65. The van der Waals surface area contributed by atoms with E-state index in [2.05, 4.69) is 31.0 Å². The molecule has 0 aliphatic rings. The number of nitrogens with one attached hydrogen (secondary N) is 1. The van der Waals surface area contributed by atoms with Crippen molar-refractivity contribution in [3.63, 3.8) is 0 Å². The van der Waals surface area contributed by atoms with E-state index < -0.39 is 6.10 Å². The highest BCUT2D eigenvalue weighted by Gasteiger charge is 2.22. The van der Waals surface area contributed by atoms with E-state index in [1.165, 1.54) is 4.90 Å². The summed E-state index contributed by atoms with van der Waals surface area (Å²) < 4.78 is 5.55. The zero-order valence-corrected chi connectivity index (χ0v) is 15.5. The van der Waals surface area contributed by atoms with Crippen LogP contribution in [0.1, 0.15) is 37.7 Å². The molecule has 6 heteroatoms. The Bertz CT molecular complexity index is 719. The van der Waals surface area contributed by atoms with Crippen LogP contribution in [0.5, 0.6) is 5.75 Å². The van der Waals surface area contributed by atoms with E-state index in [-0.39, 0.29) is 17.9 Å². The van der Waals surface area contributed by atoms with Gasteiger partial charge in [-0.25, -0.2) is 0 Å². The van der Waals surface area contributed by atoms with Crippen LogP contribution in [-0.2, 0) is 16.8 Å². The number of benzene rings is 1. The third-order valence-corrected chi connectivity index (χ3v) is 3.96. The first-order valence-electron chi connectivity index (χ1n) is 8.34. The summed E-state index contributed by atoms with van der Waals surface area (Å²) in [5.41, 5.74) is 2.67. The summed E-state index contributed by atoms with van der Waals surface area (Å²) in [6.07, 6.45) is -1.21. The van der Waals surface area contributed by atoms with Crippen LogP contribution in [0.25, 0.3) is 0 Å². The quantitative estimate of drug-likeness (QED) is 0.843. The zero-order valence-electron chi connectivity index (χ0n) is 15.5. The number of aliphatic hydroxyl groups is 1. The number of aromatic amines is 1. The number of likely N-dealkylation sites (N-methyl/N-ethyl adjacent to an activating group) is 1. The normalized spacial score (nSPS) is 12.7. The molecule has 0 saturated carbocycles. The number of ether oxygens (including phenoxy) is 1. The minimum atomic E-state index is -1.21. The van der Waals surface area contributed by atoms with E-state index >= 15 is 0 Å². The highest BCUT2D eigenvalue weighted by molar-refractivity contribution is 5.80. The largest absolute Gasteiger partial charge is 0.490 e. The molecule has 2 rings (SSSR count). The maximum Gasteiger partial charge on any atom is 0.255 e. The summed E-state index contributed by atoms with van der Waals surface area (Å²) in [5.74, 6) is 0.279. The Morgan fingerprint density at radius 3 is 2.64 bits per heavy atom. The van der Waals surface area contributed by atoms with Crippen LogP contribution in [0.15, 0.2) is 30.3 Å². The minimum Gasteiger partial charge on any atom is -0.490 e. The van der Waals surface area contributed by atoms with Gasteiger partial charge in [0.25, 0.3) is 5.91 Å². The Balaban J connectivity index is 1.90. The Hall–Kier alpha value is -2.34. The first-order valence-corrected chi connectivity index (χ1v) is 8.34. The van der Waals surface area contributed by atoms with Crippen molar-refractivity contribution in [2.24, 2.45) is 0 Å². The van der Waals surface area contributed by atoms with Crippen LogP contribution in [0, 0.1) is 6.92 Å². The molecule has 25 heavy (non-hydrogen) atoms. The molecule has 0 bridgehead atoms. The van der Waals surface area contributed by atoms with Gasteiger partial charge in [-0.3, -0.25) is 9.89 Å². The molecule has 136 valence electrons. The number of aliphatic hydroxyl groups excluding tert-OH is 1. The Labute approximate surface area is 148 Å². The summed E-state index contributed by atoms with van der Waals surface area (Å²) in [6, 6.07) is 9.44. The number of H-pyrrole nitrogens is 1. The average molecular weight is 345 g/mol. The topological polar surface area (TPSA) is 78.5 Å². The number of aromatic nitrogens is 2. The highest BCUT2D eigenvalue weighted by atomic mass is 16.5. The lowest BCUT2D eigenvalue weighted by Gasteiger charge is -2.20. The smallest absolute Gasteiger partial charge is 0.255 e. The molecule has 6 nitrogen and oxygen atoms in total. The average Bonchev–Trinajstić information content (AvgIpc) is 3.01. The molecule has 0 spiro atoms. The van der Waals surface area contributed by atoms with Crippen molar-refractivity contribution < 1.29 is 14.6 Å². The Morgan fingerprint density at radius 2 is 2.04 bits per heavy atom. The summed E-state index contributed by atoms with van der Waals surface area (Å²) in [4.78, 5) is 13.8. The van der Waals surface area contributed by atoms with Gasteiger partial charge < -0.3 is 14.7 Å². The fraction of sp³-hybridized carbons (Fsp3) is 0.474. The van der Waals surface area contributed by atoms with Gasteiger partial charge in [0.1, 0.15) is 12.4 Å². The van der Waals surface area contributed by atoms with E-state index in [4.69, 9.17) is 4.74 Å². The molecular formula is C19H27N3O3. The minimum absolute atomic E-state index is 0.0573. The van der Waals surface area contributed by atoms with E-state index in [1.807, 2.05) is 37.3 Å². The lowest BCUT2D eigenvalue weighted by molar-refractivity contribution is -0.140. The van der Waals surface area contributed by atoms with Gasteiger partial charge in [0.05, 0.1) is 17.9 Å². The molecule has 1 aromatic heterocycles. The van der Waals surface area contributed by atoms with Crippen LogP contribution in [0.4, 0.5) is 0 Å². The van der Waals surface area contributed by atoms with Gasteiger partial charge in [-0.2, -0.15) is 5.10 Å². The van der Waals surface area contributed by atoms with Crippen molar-refractivity contribution in [1.29, 1.82) is 0 Å². The van der Waals surface area contributed by atoms with Gasteiger partial charge in [-0.15, -0.1) is 0 Å². The first-order chi connectivity index (χ1) is 11.7. The van der Waals surface area contributed by atoms with Crippen molar-refractivity contribution in [1.82, 2.24) is 15.1 Å². The van der Waals surface area contributed by atoms with E-state index in [9.17, 15) is 9.90 Å². The molecule has 0 radical (unpaired) electrons. The standard InChI is InChI=1S/C19H27N3O3/c1-13-8-6-7-9-16(13)25-12-15(23)18(24)22(5)11-14-10-17(21-20-14)19(2,3)4/h6-10,15,23H,11-12H2,1-5H3,(H,20,21). The number of hydrogen-bond donors (Lipinski definition) is 2. The van der Waals surface area contributed by atoms with Crippen molar-refractivity contribution in [2.75, 3.05) is 13.7 Å². The Morgan fingerprint density at radius 1 is 1.36 bits per heavy atom. The van der Waals surface area contributed by atoms with E-state index in [0.717, 1.165) is 17.0 Å². The molecule has 0 saturated heterocycles. The number of aryl methyl sites for hydroxylation is 1. The SMILES string of the molecule is Cc1ccccc1OCC(O)C(=O)N(C)Cc1cc(C(C)(C)C)n[nH]1. The maximum atomic E-state index is 12.3. The monoisotopic (exact) mass is 345 g/mol. The lowest BCUT2D eigenvalue weighted by atomic mass is 9.92. The number of amides is 1. The Kier molecular flexibility index (Phi) is 5.85. The van der Waals surface area contributed by atoms with Crippen molar-refractivity contribution >= 4 is 5.91 Å². The number of carbonyl (C=O) groups is 1. The molecule has 1 aromatic carbocycles. The highest BCUT2D eigenvalue weighted by Crippen LogP contribution is 2.21. The van der Waals surface area contributed by atoms with Crippen LogP contribution < -0.4 is 4.74 Å². The third kappa shape index (κ3) is 5.06. The first kappa shape index (κ1) is 19.0. The summed E-state index contributed by atoms with van der Waals surface area (Å²) in [5, 5.41) is 17.3. The van der Waals surface area contributed by atoms with Gasteiger partial charge in [0.2, 0.25) is 0 Å². The van der Waals surface area contributed by atoms with Crippen LogP contribution in [0.2, 0.25) is 0 Å². The van der Waals surface area contributed by atoms with Gasteiger partial charge in [-0.05, 0) is 24.6 Å². The molecule has 0 aliphatic carbocycles. The van der Waals surface area contributed by atoms with Crippen molar-refractivity contribution in [2.45, 2.75) is 45.8 Å². The molecule has 0 aliphatic heterocycles. The molecule has 2 aromatic rings. The van der Waals surface area contributed by atoms with Gasteiger partial charge in [0, 0.05) is 12.5 Å². The predicted molar refractivity (Wildman–Crippen MR) is 96.4 cm³/mol. The number of rotatable bonds is 6. The van der Waals surface area contributed by atoms with Crippen LogP contribution in [0.3, 0.4) is 0 Å². The lowest BCUT2D eigenvalue weighted by Crippen LogP contribution is -2.39. The second kappa shape index (κ2) is 7.70. The molecule has 1 amide bonds. The maximum absolute atomic E-state index is 12.3. The molecule has 1 unspecified atom stereocenters. The van der Waals surface area contributed by atoms with Gasteiger partial charge in [-0.1, -0.05) is 39.0 Å². The van der Waals surface area contributed by atoms with Gasteiger partial charge in [0.15, 0.2) is 6.10 Å². The number of para-hydroxylation sites is 1.